The van der Waals surface area contributed by atoms with E-state index in [2.05, 4.69) is 29.1 Å². The van der Waals surface area contributed by atoms with Crippen molar-refractivity contribution in [3.8, 4) is 0 Å². The van der Waals surface area contributed by atoms with Gasteiger partial charge in [-0.05, 0) is 48.9 Å². The first kappa shape index (κ1) is 16.4. The Hall–Kier alpha value is -1.46. The van der Waals surface area contributed by atoms with Gasteiger partial charge in [-0.15, -0.1) is 0 Å². The summed E-state index contributed by atoms with van der Waals surface area (Å²) in [6, 6.07) is 7.49. The van der Waals surface area contributed by atoms with Gasteiger partial charge in [-0.1, -0.05) is 25.4 Å². The molecule has 122 valence electrons. The van der Waals surface area contributed by atoms with Crippen molar-refractivity contribution < 1.29 is 4.21 Å². The van der Waals surface area contributed by atoms with Gasteiger partial charge in [0.2, 0.25) is 5.16 Å². The van der Waals surface area contributed by atoms with E-state index in [4.69, 9.17) is 11.6 Å². The first-order valence-corrected chi connectivity index (χ1v) is 9.53. The number of fused-ring (bicyclic) bond motifs is 1. The zero-order valence-corrected chi connectivity index (χ0v) is 15.1. The van der Waals surface area contributed by atoms with E-state index in [1.165, 1.54) is 0 Å². The summed E-state index contributed by atoms with van der Waals surface area (Å²) in [5, 5.41) is 4.43. The van der Waals surface area contributed by atoms with E-state index >= 15 is 0 Å². The minimum Gasteiger partial charge on any atom is -0.340 e. The molecule has 1 N–H and O–H groups in total. The SMILES string of the molecule is CS(=O)c1nc2c(c(Nc3ccc(Cl)cc3)n1)CC(C)(C)CC2. The number of nitrogens with one attached hydrogen (secondary N) is 1. The lowest BCUT2D eigenvalue weighted by Crippen LogP contribution is -2.25. The second-order valence-corrected chi connectivity index (χ2v) is 8.42. The van der Waals surface area contributed by atoms with Gasteiger partial charge in [0.25, 0.3) is 0 Å². The molecule has 1 aromatic heterocycles. The van der Waals surface area contributed by atoms with Gasteiger partial charge >= 0.3 is 0 Å². The number of hydrogen-bond donors (Lipinski definition) is 1. The summed E-state index contributed by atoms with van der Waals surface area (Å²) in [7, 11) is -1.20. The van der Waals surface area contributed by atoms with Gasteiger partial charge in [0.15, 0.2) is 0 Å². The number of halogens is 1. The predicted octanol–water partition coefficient (Wildman–Crippen LogP) is 4.13. The van der Waals surface area contributed by atoms with Crippen LogP contribution < -0.4 is 5.32 Å². The highest BCUT2D eigenvalue weighted by Gasteiger charge is 2.29. The average Bonchev–Trinajstić information content (AvgIpc) is 2.49. The van der Waals surface area contributed by atoms with Crippen LogP contribution >= 0.6 is 11.6 Å². The summed E-state index contributed by atoms with van der Waals surface area (Å²) in [5.41, 5.74) is 3.28. The Kier molecular flexibility index (Phi) is 4.43. The van der Waals surface area contributed by atoms with E-state index in [-0.39, 0.29) is 5.41 Å². The van der Waals surface area contributed by atoms with Crippen LogP contribution in [0.15, 0.2) is 29.4 Å². The largest absolute Gasteiger partial charge is 0.340 e. The summed E-state index contributed by atoms with van der Waals surface area (Å²) >= 11 is 5.94. The number of rotatable bonds is 3. The highest BCUT2D eigenvalue weighted by molar-refractivity contribution is 7.84. The first-order valence-electron chi connectivity index (χ1n) is 7.60. The normalized spacial score (nSPS) is 17.4. The molecule has 4 nitrogen and oxygen atoms in total. The number of aryl methyl sites for hydroxylation is 1. The molecule has 1 aliphatic rings. The van der Waals surface area contributed by atoms with Gasteiger partial charge in [-0.25, -0.2) is 9.97 Å². The Balaban J connectivity index is 2.04. The standard InChI is InChI=1S/C17H20ClN3OS/c1-17(2)9-8-14-13(10-17)15(21-16(20-14)23(3)22)19-12-6-4-11(18)5-7-12/h4-7H,8-10H2,1-3H3,(H,19,20,21). The quantitative estimate of drug-likeness (QED) is 0.846. The summed E-state index contributed by atoms with van der Waals surface area (Å²) in [4.78, 5) is 9.04. The van der Waals surface area contributed by atoms with Crippen molar-refractivity contribution in [1.29, 1.82) is 0 Å². The number of nitrogens with zero attached hydrogens (tertiary/aromatic N) is 2. The minimum absolute atomic E-state index is 0.222. The third-order valence-electron chi connectivity index (χ3n) is 4.13. The van der Waals surface area contributed by atoms with E-state index in [0.717, 1.165) is 42.0 Å². The molecular weight excluding hydrogens is 330 g/mol. The Morgan fingerprint density at radius 1 is 1.22 bits per heavy atom. The zero-order valence-electron chi connectivity index (χ0n) is 13.5. The zero-order chi connectivity index (χ0) is 16.6. The van der Waals surface area contributed by atoms with E-state index < -0.39 is 10.8 Å². The smallest absolute Gasteiger partial charge is 0.220 e. The molecule has 0 fully saturated rings. The highest BCUT2D eigenvalue weighted by atomic mass is 35.5. The molecule has 3 rings (SSSR count). The molecule has 6 heteroatoms. The molecule has 1 aliphatic carbocycles. The summed E-state index contributed by atoms with van der Waals surface area (Å²) in [6.07, 6.45) is 4.49. The van der Waals surface area contributed by atoms with Gasteiger partial charge < -0.3 is 5.32 Å². The van der Waals surface area contributed by atoms with Gasteiger partial charge in [-0.2, -0.15) is 0 Å². The predicted molar refractivity (Wildman–Crippen MR) is 94.9 cm³/mol. The highest BCUT2D eigenvalue weighted by Crippen LogP contribution is 2.37. The monoisotopic (exact) mass is 349 g/mol. The van der Waals surface area contributed by atoms with Crippen molar-refractivity contribution in [2.24, 2.45) is 5.41 Å². The summed E-state index contributed by atoms with van der Waals surface area (Å²) < 4.78 is 11.8. The van der Waals surface area contributed by atoms with Crippen LogP contribution in [-0.2, 0) is 23.6 Å². The average molecular weight is 350 g/mol. The van der Waals surface area contributed by atoms with Crippen molar-refractivity contribution in [1.82, 2.24) is 9.97 Å². The first-order chi connectivity index (χ1) is 10.8. The lowest BCUT2D eigenvalue weighted by Gasteiger charge is -2.31. The van der Waals surface area contributed by atoms with Crippen molar-refractivity contribution >= 4 is 33.9 Å². The maximum atomic E-state index is 11.8. The van der Waals surface area contributed by atoms with Gasteiger partial charge in [0, 0.05) is 22.5 Å². The molecule has 23 heavy (non-hydrogen) atoms. The molecule has 0 amide bonds. The van der Waals surface area contributed by atoms with E-state index in [9.17, 15) is 4.21 Å². The lowest BCUT2D eigenvalue weighted by atomic mass is 9.76. The third kappa shape index (κ3) is 3.72. The topological polar surface area (TPSA) is 54.9 Å². The van der Waals surface area contributed by atoms with Crippen LogP contribution in [0, 0.1) is 5.41 Å². The Morgan fingerprint density at radius 3 is 2.57 bits per heavy atom. The number of hydrogen-bond acceptors (Lipinski definition) is 4. The Labute approximate surface area is 144 Å². The summed E-state index contributed by atoms with van der Waals surface area (Å²) in [6.45, 7) is 4.52. The molecule has 1 unspecified atom stereocenters. The molecule has 1 heterocycles. The Morgan fingerprint density at radius 2 is 1.91 bits per heavy atom. The van der Waals surface area contributed by atoms with Gasteiger partial charge in [0.05, 0.1) is 16.5 Å². The molecule has 0 aliphatic heterocycles. The Bertz CT molecular complexity index is 759. The molecule has 0 spiro atoms. The number of anilines is 2. The van der Waals surface area contributed by atoms with Crippen LogP contribution in [0.5, 0.6) is 0 Å². The van der Waals surface area contributed by atoms with Crippen LogP contribution in [0.4, 0.5) is 11.5 Å². The van der Waals surface area contributed by atoms with Crippen LogP contribution in [0.1, 0.15) is 31.5 Å². The van der Waals surface area contributed by atoms with Gasteiger partial charge in [-0.3, -0.25) is 4.21 Å². The van der Waals surface area contributed by atoms with Crippen molar-refractivity contribution in [2.75, 3.05) is 11.6 Å². The number of aromatic nitrogens is 2. The number of benzene rings is 1. The fourth-order valence-corrected chi connectivity index (χ4v) is 3.41. The fraction of sp³-hybridized carbons (Fsp3) is 0.412. The van der Waals surface area contributed by atoms with Crippen molar-refractivity contribution in [3.05, 3.63) is 40.5 Å². The van der Waals surface area contributed by atoms with Crippen LogP contribution in [0.3, 0.4) is 0 Å². The van der Waals surface area contributed by atoms with Gasteiger partial charge in [0.1, 0.15) is 5.82 Å². The molecule has 1 aromatic carbocycles. The molecule has 2 aromatic rings. The van der Waals surface area contributed by atoms with E-state index in [0.29, 0.717) is 10.2 Å². The van der Waals surface area contributed by atoms with E-state index in [1.807, 2.05) is 24.3 Å². The van der Waals surface area contributed by atoms with E-state index in [1.54, 1.807) is 6.26 Å². The van der Waals surface area contributed by atoms with Crippen molar-refractivity contribution in [3.63, 3.8) is 0 Å². The van der Waals surface area contributed by atoms with Crippen LogP contribution in [-0.4, -0.2) is 20.4 Å². The molecule has 0 saturated carbocycles. The fourth-order valence-electron chi connectivity index (χ4n) is 2.83. The lowest BCUT2D eigenvalue weighted by molar-refractivity contribution is 0.311. The summed E-state index contributed by atoms with van der Waals surface area (Å²) in [5.74, 6) is 0.760. The maximum Gasteiger partial charge on any atom is 0.220 e. The van der Waals surface area contributed by atoms with Crippen LogP contribution in [0.2, 0.25) is 5.02 Å². The molecule has 1 atom stereocenters. The molecule has 0 bridgehead atoms. The second-order valence-electron chi connectivity index (χ2n) is 6.71. The maximum absolute atomic E-state index is 11.8. The molecular formula is C17H20ClN3OS. The molecule has 0 radical (unpaired) electrons. The second kappa shape index (κ2) is 6.21. The molecule has 0 saturated heterocycles. The van der Waals surface area contributed by atoms with Crippen molar-refractivity contribution in [2.45, 2.75) is 38.3 Å². The van der Waals surface area contributed by atoms with Crippen LogP contribution in [0.25, 0.3) is 0 Å². The minimum atomic E-state index is -1.20. The third-order valence-corrected chi connectivity index (χ3v) is 5.08.